The maximum atomic E-state index is 12.9. The summed E-state index contributed by atoms with van der Waals surface area (Å²) in [5.74, 6) is -0.694. The number of β-amino-alcohol motifs (C(OH)–C–C–N with tert-alkyl or cyclic N) is 1. The Morgan fingerprint density at radius 3 is 2.81 bits per heavy atom. The number of sulfonamides is 1. The quantitative estimate of drug-likeness (QED) is 0.796. The number of rotatable bonds is 2. The minimum Gasteiger partial charge on any atom is -0.392 e. The van der Waals surface area contributed by atoms with Gasteiger partial charge in [-0.25, -0.2) is 12.8 Å². The van der Waals surface area contributed by atoms with Crippen LogP contribution in [0.5, 0.6) is 0 Å². The minimum absolute atomic E-state index is 0.0544. The molecule has 16 heavy (non-hydrogen) atoms. The van der Waals surface area contributed by atoms with E-state index in [-0.39, 0.29) is 18.0 Å². The van der Waals surface area contributed by atoms with Gasteiger partial charge in [-0.15, -0.1) is 0 Å². The lowest BCUT2D eigenvalue weighted by molar-refractivity contribution is 0.189. The lowest BCUT2D eigenvalue weighted by atomic mass is 10.3. The molecule has 88 valence electrons. The smallest absolute Gasteiger partial charge is 0.244 e. The Balaban J connectivity index is 2.32. The highest BCUT2D eigenvalue weighted by atomic mass is 32.2. The average molecular weight is 246 g/mol. The van der Waals surface area contributed by atoms with Crippen LogP contribution >= 0.6 is 0 Å². The Morgan fingerprint density at radius 1 is 1.50 bits per heavy atom. The van der Waals surface area contributed by atoms with Gasteiger partial charge in [0.2, 0.25) is 10.0 Å². The van der Waals surface area contributed by atoms with Crippen LogP contribution in [0.25, 0.3) is 0 Å². The Kier molecular flexibility index (Phi) is 2.92. The highest BCUT2D eigenvalue weighted by molar-refractivity contribution is 7.89. The van der Waals surface area contributed by atoms with Gasteiger partial charge in [0.25, 0.3) is 0 Å². The predicted molar refractivity (Wildman–Crippen MR) is 53.6 cm³/mol. The second-order valence-electron chi connectivity index (χ2n) is 3.64. The summed E-state index contributed by atoms with van der Waals surface area (Å²) in [4.78, 5) is 3.32. The molecule has 0 radical (unpaired) electrons. The fraction of sp³-hybridized carbons (Fsp3) is 0.444. The molecular formula is C9H11FN2O3S. The standard InChI is InChI=1S/C9H11FN2O3S/c10-7-3-9(5-11-4-7)16(14,15)12-2-1-8(13)6-12/h3-5,8,13H,1-2,6H2/t8-/m1/s1. The maximum absolute atomic E-state index is 12.9. The fourth-order valence-corrected chi connectivity index (χ4v) is 3.08. The van der Waals surface area contributed by atoms with Gasteiger partial charge in [-0.1, -0.05) is 0 Å². The van der Waals surface area contributed by atoms with E-state index in [0.29, 0.717) is 6.42 Å². The molecule has 1 aromatic rings. The summed E-state index contributed by atoms with van der Waals surface area (Å²) in [5, 5.41) is 9.27. The summed E-state index contributed by atoms with van der Waals surface area (Å²) >= 11 is 0. The van der Waals surface area contributed by atoms with Gasteiger partial charge < -0.3 is 5.11 Å². The van der Waals surface area contributed by atoms with E-state index in [0.717, 1.165) is 22.8 Å². The Morgan fingerprint density at radius 2 is 2.25 bits per heavy atom. The predicted octanol–water partition coefficient (Wildman–Crippen LogP) is -0.0240. The third-order valence-electron chi connectivity index (χ3n) is 2.44. The lowest BCUT2D eigenvalue weighted by Crippen LogP contribution is -2.29. The SMILES string of the molecule is O=S(=O)(c1cncc(F)c1)N1CC[C@@H](O)C1. The van der Waals surface area contributed by atoms with Crippen LogP contribution in [-0.2, 0) is 10.0 Å². The summed E-state index contributed by atoms with van der Waals surface area (Å²) < 4.78 is 37.9. The fourth-order valence-electron chi connectivity index (χ4n) is 1.61. The van der Waals surface area contributed by atoms with Crippen LogP contribution in [0.15, 0.2) is 23.4 Å². The highest BCUT2D eigenvalue weighted by Gasteiger charge is 2.31. The van der Waals surface area contributed by atoms with E-state index in [2.05, 4.69) is 4.98 Å². The third kappa shape index (κ3) is 2.06. The van der Waals surface area contributed by atoms with Crippen LogP contribution in [0.3, 0.4) is 0 Å². The van der Waals surface area contributed by atoms with Gasteiger partial charge in [0.1, 0.15) is 10.7 Å². The summed E-state index contributed by atoms with van der Waals surface area (Å²) in [6.45, 7) is 0.304. The van der Waals surface area contributed by atoms with Gasteiger partial charge in [0, 0.05) is 19.3 Å². The Labute approximate surface area is 92.6 Å². The first-order chi connectivity index (χ1) is 7.50. The minimum atomic E-state index is -3.72. The molecular weight excluding hydrogens is 235 g/mol. The van der Waals surface area contributed by atoms with Crippen molar-refractivity contribution in [3.63, 3.8) is 0 Å². The summed E-state index contributed by atoms with van der Waals surface area (Å²) in [7, 11) is -3.72. The summed E-state index contributed by atoms with van der Waals surface area (Å²) in [5.41, 5.74) is 0. The van der Waals surface area contributed by atoms with Crippen LogP contribution in [0.4, 0.5) is 4.39 Å². The molecule has 0 aromatic carbocycles. The zero-order valence-corrected chi connectivity index (χ0v) is 9.19. The first-order valence-corrected chi connectivity index (χ1v) is 6.23. The molecule has 2 heterocycles. The molecule has 7 heteroatoms. The lowest BCUT2D eigenvalue weighted by Gasteiger charge is -2.15. The van der Waals surface area contributed by atoms with Crippen LogP contribution < -0.4 is 0 Å². The normalized spacial score (nSPS) is 22.5. The molecule has 1 atom stereocenters. The van der Waals surface area contributed by atoms with Crippen molar-refractivity contribution in [3.05, 3.63) is 24.3 Å². The zero-order chi connectivity index (χ0) is 11.8. The molecule has 0 spiro atoms. The maximum Gasteiger partial charge on any atom is 0.244 e. The Bertz CT molecular complexity index is 491. The number of aliphatic hydroxyl groups excluding tert-OH is 1. The molecule has 1 aliphatic heterocycles. The molecule has 0 unspecified atom stereocenters. The van der Waals surface area contributed by atoms with Crippen LogP contribution in [0.2, 0.25) is 0 Å². The van der Waals surface area contributed by atoms with E-state index in [4.69, 9.17) is 0 Å². The van der Waals surface area contributed by atoms with E-state index in [1.165, 1.54) is 0 Å². The number of hydrogen-bond acceptors (Lipinski definition) is 4. The van der Waals surface area contributed by atoms with E-state index >= 15 is 0 Å². The Hall–Kier alpha value is -1.05. The van der Waals surface area contributed by atoms with Crippen molar-refractivity contribution < 1.29 is 17.9 Å². The van der Waals surface area contributed by atoms with Crippen molar-refractivity contribution >= 4 is 10.0 Å². The molecule has 2 rings (SSSR count). The van der Waals surface area contributed by atoms with E-state index in [9.17, 15) is 17.9 Å². The topological polar surface area (TPSA) is 70.5 Å². The monoisotopic (exact) mass is 246 g/mol. The first kappa shape index (κ1) is 11.4. The average Bonchev–Trinajstić information content (AvgIpc) is 2.65. The first-order valence-electron chi connectivity index (χ1n) is 4.79. The number of aromatic nitrogens is 1. The van der Waals surface area contributed by atoms with Crippen molar-refractivity contribution in [3.8, 4) is 0 Å². The second-order valence-corrected chi connectivity index (χ2v) is 5.58. The number of nitrogens with zero attached hydrogens (tertiary/aromatic N) is 2. The van der Waals surface area contributed by atoms with Gasteiger partial charge in [-0.3, -0.25) is 4.98 Å². The van der Waals surface area contributed by atoms with Gasteiger partial charge in [-0.2, -0.15) is 4.31 Å². The molecule has 1 N–H and O–H groups in total. The molecule has 0 amide bonds. The van der Waals surface area contributed by atoms with Crippen molar-refractivity contribution in [2.24, 2.45) is 0 Å². The molecule has 5 nitrogen and oxygen atoms in total. The van der Waals surface area contributed by atoms with Gasteiger partial charge >= 0.3 is 0 Å². The molecule has 1 fully saturated rings. The number of hydrogen-bond donors (Lipinski definition) is 1. The zero-order valence-electron chi connectivity index (χ0n) is 8.38. The molecule has 0 bridgehead atoms. The van der Waals surface area contributed by atoms with E-state index in [1.54, 1.807) is 0 Å². The highest BCUT2D eigenvalue weighted by Crippen LogP contribution is 2.20. The molecule has 0 aliphatic carbocycles. The molecule has 1 saturated heterocycles. The number of halogens is 1. The van der Waals surface area contributed by atoms with Crippen molar-refractivity contribution in [2.45, 2.75) is 17.4 Å². The van der Waals surface area contributed by atoms with Gasteiger partial charge in [0.15, 0.2) is 0 Å². The summed E-state index contributed by atoms with van der Waals surface area (Å²) in [6.07, 6.45) is 1.81. The van der Waals surface area contributed by atoms with E-state index in [1.807, 2.05) is 0 Å². The molecule has 0 saturated carbocycles. The van der Waals surface area contributed by atoms with Crippen LogP contribution in [0.1, 0.15) is 6.42 Å². The number of aliphatic hydroxyl groups is 1. The van der Waals surface area contributed by atoms with Gasteiger partial charge in [-0.05, 0) is 12.5 Å². The molecule has 1 aliphatic rings. The van der Waals surface area contributed by atoms with Crippen molar-refractivity contribution in [1.29, 1.82) is 0 Å². The van der Waals surface area contributed by atoms with Gasteiger partial charge in [0.05, 0.1) is 12.3 Å². The largest absolute Gasteiger partial charge is 0.392 e. The third-order valence-corrected chi connectivity index (χ3v) is 4.27. The number of pyridine rings is 1. The van der Waals surface area contributed by atoms with Crippen molar-refractivity contribution in [2.75, 3.05) is 13.1 Å². The van der Waals surface area contributed by atoms with Crippen LogP contribution in [0, 0.1) is 5.82 Å². The second kappa shape index (κ2) is 4.08. The molecule has 1 aromatic heterocycles. The summed E-state index contributed by atoms with van der Waals surface area (Å²) in [6, 6.07) is 0.924. The van der Waals surface area contributed by atoms with Crippen LogP contribution in [-0.4, -0.2) is 42.0 Å². The van der Waals surface area contributed by atoms with E-state index < -0.39 is 21.9 Å². The van der Waals surface area contributed by atoms with Crippen molar-refractivity contribution in [1.82, 2.24) is 9.29 Å².